The summed E-state index contributed by atoms with van der Waals surface area (Å²) in [5, 5.41) is 3.28. The number of carbonyl (C=O) groups excluding carboxylic acids is 2. The summed E-state index contributed by atoms with van der Waals surface area (Å²) in [5.41, 5.74) is 5.37. The summed E-state index contributed by atoms with van der Waals surface area (Å²) in [5.74, 6) is 0.530. The van der Waals surface area contributed by atoms with Gasteiger partial charge in [0.1, 0.15) is 11.9 Å². The van der Waals surface area contributed by atoms with Crippen LogP contribution >= 0.6 is 11.3 Å². The smallest absolute Gasteiger partial charge is 0.253 e. The molecule has 1 spiro atoms. The average Bonchev–Trinajstić information content (AvgIpc) is 3.09. The van der Waals surface area contributed by atoms with E-state index >= 15 is 0 Å². The molecule has 1 atom stereocenters. The van der Waals surface area contributed by atoms with Gasteiger partial charge in [-0.1, -0.05) is 54.6 Å². The summed E-state index contributed by atoms with van der Waals surface area (Å²) in [6.45, 7) is 5.79. The molecular weight excluding hydrogens is 454 g/mol. The molecule has 2 aromatic carbocycles. The summed E-state index contributed by atoms with van der Waals surface area (Å²) in [6.07, 6.45) is 3.63. The van der Waals surface area contributed by atoms with Crippen molar-refractivity contribution in [3.05, 3.63) is 81.0 Å². The summed E-state index contributed by atoms with van der Waals surface area (Å²) in [7, 11) is 1.71. The van der Waals surface area contributed by atoms with E-state index in [4.69, 9.17) is 4.74 Å². The SMILES string of the molecule is COC(c1ccc(-c2ccccc2)cc1)c1c(C)sc(C)c1C(=O)NC1CC2(C1)CC(C(C)=O)C2. The zero-order valence-electron chi connectivity index (χ0n) is 20.9. The number of ether oxygens (including phenoxy) is 1. The van der Waals surface area contributed by atoms with Crippen molar-refractivity contribution in [2.45, 2.75) is 58.6 Å². The Kier molecular flexibility index (Phi) is 6.41. The van der Waals surface area contributed by atoms with Crippen LogP contribution in [-0.2, 0) is 9.53 Å². The number of hydrogen-bond acceptors (Lipinski definition) is 4. The third-order valence-corrected chi connectivity index (χ3v) is 9.02. The van der Waals surface area contributed by atoms with Crippen molar-refractivity contribution in [1.29, 1.82) is 0 Å². The van der Waals surface area contributed by atoms with E-state index in [0.29, 0.717) is 5.78 Å². The number of amides is 1. The van der Waals surface area contributed by atoms with Crippen LogP contribution in [-0.4, -0.2) is 24.8 Å². The number of thiophene rings is 1. The Bertz CT molecular complexity index is 1230. The van der Waals surface area contributed by atoms with E-state index in [2.05, 4.69) is 48.6 Å². The number of rotatable bonds is 7. The second-order valence-corrected chi connectivity index (χ2v) is 11.8. The molecule has 2 saturated carbocycles. The molecule has 0 saturated heterocycles. The van der Waals surface area contributed by atoms with Crippen LogP contribution in [0.5, 0.6) is 0 Å². The number of nitrogens with one attached hydrogen (secondary N) is 1. The van der Waals surface area contributed by atoms with Crippen molar-refractivity contribution in [3.63, 3.8) is 0 Å². The van der Waals surface area contributed by atoms with Crippen LogP contribution in [0.25, 0.3) is 11.1 Å². The normalized spacial score (nSPS) is 23.9. The zero-order valence-corrected chi connectivity index (χ0v) is 21.7. The van der Waals surface area contributed by atoms with Gasteiger partial charge in [0.15, 0.2) is 0 Å². The quantitative estimate of drug-likeness (QED) is 0.406. The van der Waals surface area contributed by atoms with Gasteiger partial charge in [-0.15, -0.1) is 11.3 Å². The minimum Gasteiger partial charge on any atom is -0.372 e. The van der Waals surface area contributed by atoms with Crippen LogP contribution in [0.15, 0.2) is 54.6 Å². The molecule has 0 bridgehead atoms. The van der Waals surface area contributed by atoms with Gasteiger partial charge in [-0.2, -0.15) is 0 Å². The van der Waals surface area contributed by atoms with E-state index in [1.807, 2.05) is 25.1 Å². The molecular formula is C30H33NO3S. The molecule has 1 amide bonds. The second-order valence-electron chi connectivity index (χ2n) is 10.4. The molecule has 2 fully saturated rings. The lowest BCUT2D eigenvalue weighted by Gasteiger charge is -2.57. The first-order valence-electron chi connectivity index (χ1n) is 12.4. The monoisotopic (exact) mass is 487 g/mol. The minimum atomic E-state index is -0.304. The van der Waals surface area contributed by atoms with Gasteiger partial charge >= 0.3 is 0 Å². The highest BCUT2D eigenvalue weighted by atomic mass is 32.1. The maximum atomic E-state index is 13.5. The molecule has 3 aromatic rings. The predicted molar refractivity (Wildman–Crippen MR) is 141 cm³/mol. The fraction of sp³-hybridized carbons (Fsp3) is 0.400. The molecule has 1 unspecified atom stereocenters. The van der Waals surface area contributed by atoms with E-state index in [1.165, 1.54) is 5.56 Å². The first-order chi connectivity index (χ1) is 16.8. The number of carbonyl (C=O) groups is 2. The highest BCUT2D eigenvalue weighted by molar-refractivity contribution is 7.12. The van der Waals surface area contributed by atoms with Crippen LogP contribution in [0, 0.1) is 25.2 Å². The number of ketones is 1. The molecule has 1 N–H and O–H groups in total. The van der Waals surface area contributed by atoms with Crippen molar-refractivity contribution in [1.82, 2.24) is 5.32 Å². The topological polar surface area (TPSA) is 55.4 Å². The molecule has 0 radical (unpaired) electrons. The first-order valence-corrected chi connectivity index (χ1v) is 13.2. The highest BCUT2D eigenvalue weighted by Gasteiger charge is 2.54. The predicted octanol–water partition coefficient (Wildman–Crippen LogP) is 6.65. The van der Waals surface area contributed by atoms with Gasteiger partial charge in [0.2, 0.25) is 0 Å². The van der Waals surface area contributed by atoms with Gasteiger partial charge in [-0.25, -0.2) is 0 Å². The lowest BCUT2D eigenvalue weighted by atomic mass is 9.49. The van der Waals surface area contributed by atoms with Gasteiger partial charge in [0.05, 0.1) is 5.56 Å². The largest absolute Gasteiger partial charge is 0.372 e. The summed E-state index contributed by atoms with van der Waals surface area (Å²) >= 11 is 1.66. The van der Waals surface area contributed by atoms with E-state index in [1.54, 1.807) is 25.4 Å². The maximum Gasteiger partial charge on any atom is 0.253 e. The lowest BCUT2D eigenvalue weighted by molar-refractivity contribution is -0.134. The van der Waals surface area contributed by atoms with E-state index in [-0.39, 0.29) is 29.4 Å². The molecule has 4 nitrogen and oxygen atoms in total. The Balaban J connectivity index is 1.33. The lowest BCUT2D eigenvalue weighted by Crippen LogP contribution is -2.57. The molecule has 2 aliphatic rings. The Morgan fingerprint density at radius 3 is 2.17 bits per heavy atom. The molecule has 2 aliphatic carbocycles. The number of hydrogen-bond donors (Lipinski definition) is 1. The average molecular weight is 488 g/mol. The van der Waals surface area contributed by atoms with Crippen LogP contribution in [0.1, 0.15) is 70.0 Å². The zero-order chi connectivity index (χ0) is 24.7. The second kappa shape index (κ2) is 9.36. The first kappa shape index (κ1) is 24.0. The van der Waals surface area contributed by atoms with Crippen LogP contribution < -0.4 is 5.32 Å². The fourth-order valence-corrected chi connectivity index (χ4v) is 7.24. The molecule has 1 heterocycles. The molecule has 0 aliphatic heterocycles. The van der Waals surface area contributed by atoms with Gasteiger partial charge in [0, 0.05) is 34.4 Å². The van der Waals surface area contributed by atoms with E-state index < -0.39 is 0 Å². The van der Waals surface area contributed by atoms with Gasteiger partial charge in [0.25, 0.3) is 5.91 Å². The third kappa shape index (κ3) is 4.48. The minimum absolute atomic E-state index is 0.00732. The number of benzene rings is 2. The van der Waals surface area contributed by atoms with E-state index in [0.717, 1.165) is 57.7 Å². The van der Waals surface area contributed by atoms with Crippen molar-refractivity contribution in [3.8, 4) is 11.1 Å². The Hall–Kier alpha value is -2.76. The molecule has 5 heteroatoms. The molecule has 182 valence electrons. The number of Topliss-reactive ketones (excluding diaryl/α,β-unsaturated/α-hetero) is 1. The third-order valence-electron chi connectivity index (χ3n) is 7.98. The number of methoxy groups -OCH3 is 1. The standard InChI is InChI=1S/C30H33NO3S/c1-18(32)24-14-30(15-24)16-25(17-30)31-29(33)27-20(3)35-19(2)26(27)28(34-4)23-12-10-22(11-13-23)21-8-6-5-7-9-21/h5-13,24-25,28H,14-17H2,1-4H3,(H,31,33). The van der Waals surface area contributed by atoms with Crippen molar-refractivity contribution < 1.29 is 14.3 Å². The van der Waals surface area contributed by atoms with Crippen molar-refractivity contribution >= 4 is 23.0 Å². The Morgan fingerprint density at radius 1 is 0.943 bits per heavy atom. The summed E-state index contributed by atoms with van der Waals surface area (Å²) in [6, 6.07) is 18.9. The summed E-state index contributed by atoms with van der Waals surface area (Å²) in [4.78, 5) is 27.2. The number of aryl methyl sites for hydroxylation is 2. The molecule has 35 heavy (non-hydrogen) atoms. The molecule has 5 rings (SSSR count). The summed E-state index contributed by atoms with van der Waals surface area (Å²) < 4.78 is 5.99. The van der Waals surface area contributed by atoms with Gasteiger partial charge < -0.3 is 10.1 Å². The van der Waals surface area contributed by atoms with Gasteiger partial charge in [-0.05, 0) is 68.6 Å². The van der Waals surface area contributed by atoms with Gasteiger partial charge in [-0.3, -0.25) is 9.59 Å². The van der Waals surface area contributed by atoms with E-state index in [9.17, 15) is 9.59 Å². The maximum absolute atomic E-state index is 13.5. The van der Waals surface area contributed by atoms with Crippen LogP contribution in [0.4, 0.5) is 0 Å². The Labute approximate surface area is 211 Å². The fourth-order valence-electron chi connectivity index (χ4n) is 6.15. The Morgan fingerprint density at radius 2 is 1.57 bits per heavy atom. The van der Waals surface area contributed by atoms with Crippen molar-refractivity contribution in [2.75, 3.05) is 7.11 Å². The van der Waals surface area contributed by atoms with Crippen LogP contribution in [0.2, 0.25) is 0 Å². The van der Waals surface area contributed by atoms with Crippen molar-refractivity contribution in [2.24, 2.45) is 11.3 Å². The molecule has 1 aromatic heterocycles. The highest BCUT2D eigenvalue weighted by Crippen LogP contribution is 2.59. The van der Waals surface area contributed by atoms with Crippen LogP contribution in [0.3, 0.4) is 0 Å².